The molecule has 0 heterocycles. The molecule has 0 amide bonds. The van der Waals surface area contributed by atoms with Gasteiger partial charge in [0.2, 0.25) is 0 Å². The number of benzene rings is 1. The maximum atomic E-state index is 11.8. The standard InChI is InChI=1S/C14H19NO/c1-10-3-4-12-8-13(14(16)9-15-2)6-5-11(12)7-10/h3-4,7,13,15H,5-6,8-9H2,1-2H3. The molecule has 0 spiro atoms. The lowest BCUT2D eigenvalue weighted by Gasteiger charge is -2.23. The fourth-order valence-corrected chi connectivity index (χ4v) is 2.48. The SMILES string of the molecule is CNCC(=O)C1CCc2cc(C)ccc2C1. The molecule has 0 saturated carbocycles. The summed E-state index contributed by atoms with van der Waals surface area (Å²) in [6, 6.07) is 6.58. The van der Waals surface area contributed by atoms with E-state index in [1.54, 1.807) is 0 Å². The number of Topliss-reactive ketones (excluding diaryl/α,β-unsaturated/α-hetero) is 1. The molecule has 1 aliphatic carbocycles. The van der Waals surface area contributed by atoms with E-state index in [-0.39, 0.29) is 5.92 Å². The van der Waals surface area contributed by atoms with Crippen LogP contribution in [0.3, 0.4) is 0 Å². The molecule has 2 nitrogen and oxygen atoms in total. The van der Waals surface area contributed by atoms with E-state index in [0.717, 1.165) is 19.3 Å². The maximum Gasteiger partial charge on any atom is 0.150 e. The molecule has 2 rings (SSSR count). The minimum Gasteiger partial charge on any atom is -0.313 e. The summed E-state index contributed by atoms with van der Waals surface area (Å²) in [4.78, 5) is 11.8. The van der Waals surface area contributed by atoms with Crippen LogP contribution in [0.15, 0.2) is 18.2 Å². The molecule has 1 unspecified atom stereocenters. The molecule has 1 aromatic rings. The number of aryl methyl sites for hydroxylation is 2. The lowest BCUT2D eigenvalue weighted by atomic mass is 9.81. The monoisotopic (exact) mass is 217 g/mol. The molecule has 0 radical (unpaired) electrons. The van der Waals surface area contributed by atoms with E-state index in [9.17, 15) is 4.79 Å². The summed E-state index contributed by atoms with van der Waals surface area (Å²) in [5.74, 6) is 0.580. The first-order valence-electron chi connectivity index (χ1n) is 5.96. The zero-order chi connectivity index (χ0) is 11.5. The van der Waals surface area contributed by atoms with Crippen molar-refractivity contribution in [1.82, 2.24) is 5.32 Å². The molecule has 1 atom stereocenters. The van der Waals surface area contributed by atoms with Gasteiger partial charge in [0, 0.05) is 5.92 Å². The molecular weight excluding hydrogens is 198 g/mol. The molecule has 1 N–H and O–H groups in total. The fourth-order valence-electron chi connectivity index (χ4n) is 2.48. The summed E-state index contributed by atoms with van der Waals surface area (Å²) in [6.07, 6.45) is 2.99. The smallest absolute Gasteiger partial charge is 0.150 e. The molecule has 0 bridgehead atoms. The second kappa shape index (κ2) is 4.79. The molecule has 1 aliphatic rings. The summed E-state index contributed by atoms with van der Waals surface area (Å²) < 4.78 is 0. The van der Waals surface area contributed by atoms with Gasteiger partial charge in [-0.15, -0.1) is 0 Å². The van der Waals surface area contributed by atoms with Gasteiger partial charge in [-0.2, -0.15) is 0 Å². The Hall–Kier alpha value is -1.15. The molecule has 0 fully saturated rings. The average molecular weight is 217 g/mol. The summed E-state index contributed by atoms with van der Waals surface area (Å²) >= 11 is 0. The number of nitrogens with one attached hydrogen (secondary N) is 1. The first kappa shape index (κ1) is 11.3. The van der Waals surface area contributed by atoms with E-state index in [4.69, 9.17) is 0 Å². The Morgan fingerprint density at radius 1 is 1.44 bits per heavy atom. The van der Waals surface area contributed by atoms with Gasteiger partial charge in [-0.05, 0) is 44.4 Å². The van der Waals surface area contributed by atoms with Crippen molar-refractivity contribution in [3.63, 3.8) is 0 Å². The van der Waals surface area contributed by atoms with Gasteiger partial charge in [0.25, 0.3) is 0 Å². The quantitative estimate of drug-likeness (QED) is 0.837. The Morgan fingerprint density at radius 3 is 3.00 bits per heavy atom. The van der Waals surface area contributed by atoms with Crippen LogP contribution in [0.1, 0.15) is 23.1 Å². The van der Waals surface area contributed by atoms with Gasteiger partial charge in [0.15, 0.2) is 0 Å². The number of likely N-dealkylation sites (N-methyl/N-ethyl adjacent to an activating group) is 1. The Labute approximate surface area is 97.1 Å². The molecule has 0 aliphatic heterocycles. The van der Waals surface area contributed by atoms with Crippen LogP contribution in [-0.4, -0.2) is 19.4 Å². The van der Waals surface area contributed by atoms with Crippen molar-refractivity contribution in [3.05, 3.63) is 34.9 Å². The predicted molar refractivity (Wildman–Crippen MR) is 65.6 cm³/mol. The van der Waals surface area contributed by atoms with Crippen molar-refractivity contribution in [3.8, 4) is 0 Å². The van der Waals surface area contributed by atoms with Gasteiger partial charge >= 0.3 is 0 Å². The van der Waals surface area contributed by atoms with E-state index in [2.05, 4.69) is 30.4 Å². The van der Waals surface area contributed by atoms with Crippen molar-refractivity contribution < 1.29 is 4.79 Å². The first-order chi connectivity index (χ1) is 7.70. The van der Waals surface area contributed by atoms with Crippen molar-refractivity contribution in [2.45, 2.75) is 26.2 Å². The minimum absolute atomic E-state index is 0.225. The maximum absolute atomic E-state index is 11.8. The van der Waals surface area contributed by atoms with Gasteiger partial charge in [-0.25, -0.2) is 0 Å². The Balaban J connectivity index is 2.12. The molecular formula is C14H19NO. The Morgan fingerprint density at radius 2 is 2.25 bits per heavy atom. The number of ketones is 1. The third kappa shape index (κ3) is 2.33. The minimum atomic E-state index is 0.225. The van der Waals surface area contributed by atoms with Crippen molar-refractivity contribution in [1.29, 1.82) is 0 Å². The summed E-state index contributed by atoms with van der Waals surface area (Å²) in [5.41, 5.74) is 4.12. The highest BCUT2D eigenvalue weighted by atomic mass is 16.1. The largest absolute Gasteiger partial charge is 0.313 e. The van der Waals surface area contributed by atoms with Gasteiger partial charge in [-0.3, -0.25) is 4.79 Å². The normalized spacial score (nSPS) is 19.2. The van der Waals surface area contributed by atoms with Crippen LogP contribution in [0.2, 0.25) is 0 Å². The zero-order valence-electron chi connectivity index (χ0n) is 10.0. The predicted octanol–water partition coefficient (Wildman–Crippen LogP) is 1.89. The van der Waals surface area contributed by atoms with Crippen LogP contribution in [0.25, 0.3) is 0 Å². The van der Waals surface area contributed by atoms with Gasteiger partial charge in [0.05, 0.1) is 6.54 Å². The summed E-state index contributed by atoms with van der Waals surface area (Å²) in [6.45, 7) is 2.63. The Kier molecular flexibility index (Phi) is 3.39. The molecule has 16 heavy (non-hydrogen) atoms. The number of hydrogen-bond acceptors (Lipinski definition) is 2. The first-order valence-corrected chi connectivity index (χ1v) is 5.96. The number of hydrogen-bond donors (Lipinski definition) is 1. The van der Waals surface area contributed by atoms with Gasteiger partial charge < -0.3 is 5.32 Å². The summed E-state index contributed by atoms with van der Waals surface area (Å²) in [7, 11) is 1.83. The highest BCUT2D eigenvalue weighted by molar-refractivity contribution is 5.83. The van der Waals surface area contributed by atoms with Crippen molar-refractivity contribution in [2.24, 2.45) is 5.92 Å². The van der Waals surface area contributed by atoms with Crippen LogP contribution < -0.4 is 5.32 Å². The number of carbonyl (C=O) groups is 1. The highest BCUT2D eigenvalue weighted by Gasteiger charge is 2.23. The number of fused-ring (bicyclic) bond motifs is 1. The molecule has 0 aromatic heterocycles. The fraction of sp³-hybridized carbons (Fsp3) is 0.500. The van der Waals surface area contributed by atoms with Crippen molar-refractivity contribution in [2.75, 3.05) is 13.6 Å². The molecule has 0 saturated heterocycles. The molecule has 2 heteroatoms. The Bertz CT molecular complexity index is 398. The molecule has 1 aromatic carbocycles. The van der Waals surface area contributed by atoms with Crippen molar-refractivity contribution >= 4 is 5.78 Å². The third-order valence-electron chi connectivity index (χ3n) is 3.40. The van der Waals surface area contributed by atoms with E-state index in [0.29, 0.717) is 12.3 Å². The number of rotatable bonds is 3. The highest BCUT2D eigenvalue weighted by Crippen LogP contribution is 2.26. The van der Waals surface area contributed by atoms with Crippen LogP contribution in [0.5, 0.6) is 0 Å². The van der Waals surface area contributed by atoms with E-state index < -0.39 is 0 Å². The van der Waals surface area contributed by atoms with Crippen LogP contribution in [0, 0.1) is 12.8 Å². The topological polar surface area (TPSA) is 29.1 Å². The second-order valence-electron chi connectivity index (χ2n) is 4.71. The summed E-state index contributed by atoms with van der Waals surface area (Å²) in [5, 5.41) is 2.95. The zero-order valence-corrected chi connectivity index (χ0v) is 10.0. The van der Waals surface area contributed by atoms with E-state index in [1.165, 1.54) is 16.7 Å². The molecule has 86 valence electrons. The van der Waals surface area contributed by atoms with Crippen LogP contribution in [0.4, 0.5) is 0 Å². The van der Waals surface area contributed by atoms with E-state index >= 15 is 0 Å². The third-order valence-corrected chi connectivity index (χ3v) is 3.40. The van der Waals surface area contributed by atoms with Gasteiger partial charge in [-0.1, -0.05) is 23.8 Å². The van der Waals surface area contributed by atoms with Crippen LogP contribution in [-0.2, 0) is 17.6 Å². The lowest BCUT2D eigenvalue weighted by molar-refractivity contribution is -0.122. The average Bonchev–Trinajstić information content (AvgIpc) is 2.28. The van der Waals surface area contributed by atoms with E-state index in [1.807, 2.05) is 7.05 Å². The second-order valence-corrected chi connectivity index (χ2v) is 4.71. The number of carbonyl (C=O) groups excluding carboxylic acids is 1. The lowest BCUT2D eigenvalue weighted by Crippen LogP contribution is -2.30. The van der Waals surface area contributed by atoms with Crippen LogP contribution >= 0.6 is 0 Å². The van der Waals surface area contributed by atoms with Gasteiger partial charge in [0.1, 0.15) is 5.78 Å².